The maximum atomic E-state index is 6.12. The Kier molecular flexibility index (Phi) is 6.83. The van der Waals surface area contributed by atoms with Gasteiger partial charge in [-0.3, -0.25) is 0 Å². The van der Waals surface area contributed by atoms with Gasteiger partial charge in [-0.05, 0) is 75.0 Å². The molecule has 2 aliphatic carbocycles. The van der Waals surface area contributed by atoms with Crippen molar-refractivity contribution in [3.8, 4) is 0 Å². The Morgan fingerprint density at radius 3 is 1.91 bits per heavy atom. The third-order valence-electron chi connectivity index (χ3n) is 7.20. The van der Waals surface area contributed by atoms with Gasteiger partial charge in [0.2, 0.25) is 0 Å². The molecule has 2 heteroatoms. The Bertz CT molecular complexity index is 319. The van der Waals surface area contributed by atoms with Crippen molar-refractivity contribution in [2.75, 3.05) is 13.7 Å². The number of ether oxygens (including phenoxy) is 2. The molecule has 0 amide bonds. The third kappa shape index (κ3) is 4.72. The van der Waals surface area contributed by atoms with Crippen molar-refractivity contribution in [1.29, 1.82) is 0 Å². The van der Waals surface area contributed by atoms with Crippen molar-refractivity contribution in [3.63, 3.8) is 0 Å². The first-order valence-electron chi connectivity index (χ1n) is 10.4. The molecule has 0 spiro atoms. The molecular formula is C21H38O2. The van der Waals surface area contributed by atoms with Gasteiger partial charge in [-0.2, -0.15) is 0 Å². The molecule has 1 aliphatic heterocycles. The first-order valence-corrected chi connectivity index (χ1v) is 10.4. The SMILES string of the molecule is CCCC1CCC(C2CCC(C3CCC(OC)CO3)CC2)CC1. The Morgan fingerprint density at radius 2 is 1.39 bits per heavy atom. The van der Waals surface area contributed by atoms with Crippen LogP contribution in [0.2, 0.25) is 0 Å². The van der Waals surface area contributed by atoms with E-state index in [-0.39, 0.29) is 0 Å². The maximum absolute atomic E-state index is 6.12. The Labute approximate surface area is 143 Å². The quantitative estimate of drug-likeness (QED) is 0.656. The van der Waals surface area contributed by atoms with Crippen LogP contribution in [0.4, 0.5) is 0 Å². The summed E-state index contributed by atoms with van der Waals surface area (Å²) >= 11 is 0. The maximum Gasteiger partial charge on any atom is 0.0805 e. The second-order valence-corrected chi connectivity index (χ2v) is 8.55. The summed E-state index contributed by atoms with van der Waals surface area (Å²) in [5.74, 6) is 3.97. The van der Waals surface area contributed by atoms with Crippen molar-refractivity contribution in [3.05, 3.63) is 0 Å². The molecule has 3 rings (SSSR count). The van der Waals surface area contributed by atoms with Crippen LogP contribution in [-0.2, 0) is 9.47 Å². The first-order chi connectivity index (χ1) is 11.3. The lowest BCUT2D eigenvalue weighted by molar-refractivity contribution is -0.0983. The van der Waals surface area contributed by atoms with Crippen molar-refractivity contribution in [1.82, 2.24) is 0 Å². The van der Waals surface area contributed by atoms with Gasteiger partial charge in [0.25, 0.3) is 0 Å². The molecule has 0 aromatic heterocycles. The van der Waals surface area contributed by atoms with Crippen LogP contribution in [0.15, 0.2) is 0 Å². The fourth-order valence-electron chi connectivity index (χ4n) is 5.65. The van der Waals surface area contributed by atoms with Crippen LogP contribution in [0.1, 0.15) is 84.0 Å². The van der Waals surface area contributed by atoms with Crippen molar-refractivity contribution < 1.29 is 9.47 Å². The lowest BCUT2D eigenvalue weighted by Gasteiger charge is -2.41. The highest BCUT2D eigenvalue weighted by molar-refractivity contribution is 4.85. The van der Waals surface area contributed by atoms with E-state index in [1.807, 2.05) is 7.11 Å². The zero-order chi connectivity index (χ0) is 16.1. The minimum Gasteiger partial charge on any atom is -0.379 e. The topological polar surface area (TPSA) is 18.5 Å². The van der Waals surface area contributed by atoms with E-state index in [0.717, 1.165) is 30.3 Å². The van der Waals surface area contributed by atoms with Gasteiger partial charge < -0.3 is 9.47 Å². The third-order valence-corrected chi connectivity index (χ3v) is 7.20. The summed E-state index contributed by atoms with van der Waals surface area (Å²) in [5, 5.41) is 0. The lowest BCUT2D eigenvalue weighted by Crippen LogP contribution is -2.37. The molecule has 0 aromatic rings. The van der Waals surface area contributed by atoms with E-state index in [1.165, 1.54) is 77.0 Å². The van der Waals surface area contributed by atoms with Gasteiger partial charge in [0, 0.05) is 7.11 Å². The highest BCUT2D eigenvalue weighted by Crippen LogP contribution is 2.43. The molecule has 2 nitrogen and oxygen atoms in total. The monoisotopic (exact) mass is 322 g/mol. The zero-order valence-corrected chi connectivity index (χ0v) is 15.5. The Morgan fingerprint density at radius 1 is 0.783 bits per heavy atom. The predicted molar refractivity (Wildman–Crippen MR) is 95.6 cm³/mol. The molecule has 1 heterocycles. The van der Waals surface area contributed by atoms with Crippen LogP contribution < -0.4 is 0 Å². The molecule has 23 heavy (non-hydrogen) atoms. The summed E-state index contributed by atoms with van der Waals surface area (Å²) in [6.45, 7) is 3.16. The molecule has 0 N–H and O–H groups in total. The Hall–Kier alpha value is -0.0800. The van der Waals surface area contributed by atoms with E-state index in [9.17, 15) is 0 Å². The largest absolute Gasteiger partial charge is 0.379 e. The molecule has 1 saturated heterocycles. The van der Waals surface area contributed by atoms with Gasteiger partial charge in [-0.15, -0.1) is 0 Å². The van der Waals surface area contributed by atoms with E-state index >= 15 is 0 Å². The highest BCUT2D eigenvalue weighted by Gasteiger charge is 2.35. The second kappa shape index (κ2) is 8.85. The van der Waals surface area contributed by atoms with Gasteiger partial charge in [-0.1, -0.05) is 32.6 Å². The van der Waals surface area contributed by atoms with Gasteiger partial charge in [-0.25, -0.2) is 0 Å². The number of rotatable bonds is 5. The molecule has 3 aliphatic rings. The zero-order valence-electron chi connectivity index (χ0n) is 15.5. The molecule has 134 valence electrons. The molecule has 2 unspecified atom stereocenters. The van der Waals surface area contributed by atoms with Crippen LogP contribution in [0.3, 0.4) is 0 Å². The second-order valence-electron chi connectivity index (χ2n) is 8.55. The van der Waals surface area contributed by atoms with E-state index in [0.29, 0.717) is 12.2 Å². The molecule has 2 saturated carbocycles. The lowest BCUT2D eigenvalue weighted by atomic mass is 9.68. The summed E-state index contributed by atoms with van der Waals surface area (Å²) in [7, 11) is 1.81. The predicted octanol–water partition coefficient (Wildman–Crippen LogP) is 5.59. The summed E-state index contributed by atoms with van der Waals surface area (Å²) in [6, 6.07) is 0. The molecule has 0 bridgehead atoms. The van der Waals surface area contributed by atoms with Crippen LogP contribution >= 0.6 is 0 Å². The average molecular weight is 323 g/mol. The van der Waals surface area contributed by atoms with E-state index in [1.54, 1.807) is 0 Å². The van der Waals surface area contributed by atoms with Gasteiger partial charge in [0.05, 0.1) is 18.8 Å². The van der Waals surface area contributed by atoms with E-state index < -0.39 is 0 Å². The van der Waals surface area contributed by atoms with Crippen LogP contribution in [0, 0.1) is 23.7 Å². The van der Waals surface area contributed by atoms with Gasteiger partial charge in [0.1, 0.15) is 0 Å². The van der Waals surface area contributed by atoms with Crippen LogP contribution in [0.5, 0.6) is 0 Å². The van der Waals surface area contributed by atoms with Crippen molar-refractivity contribution in [2.45, 2.75) is 96.2 Å². The number of methoxy groups -OCH3 is 1. The van der Waals surface area contributed by atoms with Crippen LogP contribution in [-0.4, -0.2) is 25.9 Å². The Balaban J connectivity index is 1.37. The average Bonchev–Trinajstić information content (AvgIpc) is 2.63. The molecular weight excluding hydrogens is 284 g/mol. The highest BCUT2D eigenvalue weighted by atomic mass is 16.5. The van der Waals surface area contributed by atoms with Gasteiger partial charge >= 0.3 is 0 Å². The van der Waals surface area contributed by atoms with E-state index in [2.05, 4.69) is 6.92 Å². The minimum absolute atomic E-state index is 0.348. The first kappa shape index (κ1) is 17.7. The molecule has 0 radical (unpaired) electrons. The fourth-order valence-corrected chi connectivity index (χ4v) is 5.65. The van der Waals surface area contributed by atoms with Crippen LogP contribution in [0.25, 0.3) is 0 Å². The summed E-state index contributed by atoms with van der Waals surface area (Å²) in [5.41, 5.74) is 0. The van der Waals surface area contributed by atoms with E-state index in [4.69, 9.17) is 9.47 Å². The smallest absolute Gasteiger partial charge is 0.0805 e. The molecule has 0 aromatic carbocycles. The minimum atomic E-state index is 0.348. The summed E-state index contributed by atoms with van der Waals surface area (Å²) in [4.78, 5) is 0. The van der Waals surface area contributed by atoms with Gasteiger partial charge in [0.15, 0.2) is 0 Å². The molecule has 3 fully saturated rings. The number of hydrogen-bond donors (Lipinski definition) is 0. The number of hydrogen-bond acceptors (Lipinski definition) is 2. The molecule has 2 atom stereocenters. The fraction of sp³-hybridized carbons (Fsp3) is 1.00. The summed E-state index contributed by atoms with van der Waals surface area (Å²) in [6.07, 6.45) is 18.0. The summed E-state index contributed by atoms with van der Waals surface area (Å²) < 4.78 is 11.5. The standard InChI is InChI=1S/C21H38O2/c1-3-4-16-5-7-17(8-6-16)18-9-11-19(12-10-18)21-14-13-20(22-2)15-23-21/h16-21H,3-15H2,1-2H3. The normalized spacial score (nSPS) is 42.5. The van der Waals surface area contributed by atoms with Crippen molar-refractivity contribution >= 4 is 0 Å². The van der Waals surface area contributed by atoms with Crippen molar-refractivity contribution in [2.24, 2.45) is 23.7 Å².